The first kappa shape index (κ1) is 13.2. The van der Waals surface area contributed by atoms with Crippen molar-refractivity contribution in [2.75, 3.05) is 6.61 Å². The van der Waals surface area contributed by atoms with Crippen LogP contribution in [0, 0.1) is 22.9 Å². The Balaban J connectivity index is 3.05. The van der Waals surface area contributed by atoms with Gasteiger partial charge in [0.15, 0.2) is 12.4 Å². The van der Waals surface area contributed by atoms with Crippen molar-refractivity contribution in [2.24, 2.45) is 0 Å². The van der Waals surface area contributed by atoms with Crippen LogP contribution in [0.5, 0.6) is 5.75 Å². The van der Waals surface area contributed by atoms with Gasteiger partial charge in [0.2, 0.25) is 0 Å². The molecule has 0 atom stereocenters. The third-order valence-corrected chi connectivity index (χ3v) is 1.83. The number of alkyl halides is 3. The van der Waals surface area contributed by atoms with E-state index >= 15 is 0 Å². The van der Waals surface area contributed by atoms with Gasteiger partial charge < -0.3 is 4.74 Å². The lowest BCUT2D eigenvalue weighted by atomic mass is 10.2. The number of hydrogen-bond acceptors (Lipinski definition) is 3. The Labute approximate surface area is 93.0 Å². The number of rotatable bonds is 3. The van der Waals surface area contributed by atoms with Crippen molar-refractivity contribution in [3.63, 3.8) is 0 Å². The maximum Gasteiger partial charge on any atom is 0.422 e. The fourth-order valence-corrected chi connectivity index (χ4v) is 1.07. The lowest BCUT2D eigenvalue weighted by Crippen LogP contribution is -2.19. The average molecular weight is 253 g/mol. The van der Waals surface area contributed by atoms with Gasteiger partial charge in [-0.05, 0) is 12.5 Å². The van der Waals surface area contributed by atoms with Crippen molar-refractivity contribution in [1.29, 1.82) is 0 Å². The first-order valence-electron chi connectivity index (χ1n) is 4.35. The lowest BCUT2D eigenvalue weighted by molar-refractivity contribution is -0.386. The van der Waals surface area contributed by atoms with Crippen LogP contribution in [0.25, 0.3) is 0 Å². The standard InChI is InChI=1S/C9H7F4NO3/c1-5-2-7(14(15)16)8(3-6(5)10)17-4-9(11,12)13/h2-3H,4H2,1H3. The summed E-state index contributed by atoms with van der Waals surface area (Å²) in [6.45, 7) is -0.452. The zero-order chi connectivity index (χ0) is 13.2. The molecule has 0 aliphatic heterocycles. The summed E-state index contributed by atoms with van der Waals surface area (Å²) in [5.41, 5.74) is -0.746. The second-order valence-corrected chi connectivity index (χ2v) is 3.23. The molecule has 4 nitrogen and oxygen atoms in total. The molecule has 0 spiro atoms. The van der Waals surface area contributed by atoms with Crippen LogP contribution in [0.1, 0.15) is 5.56 Å². The highest BCUT2D eigenvalue weighted by atomic mass is 19.4. The highest BCUT2D eigenvalue weighted by Crippen LogP contribution is 2.31. The Morgan fingerprint density at radius 1 is 1.41 bits per heavy atom. The van der Waals surface area contributed by atoms with Gasteiger partial charge in [0.25, 0.3) is 0 Å². The lowest BCUT2D eigenvalue weighted by Gasteiger charge is -2.10. The molecule has 17 heavy (non-hydrogen) atoms. The van der Waals surface area contributed by atoms with Gasteiger partial charge in [0.1, 0.15) is 5.82 Å². The molecule has 0 aromatic heterocycles. The summed E-state index contributed by atoms with van der Waals surface area (Å²) < 4.78 is 52.8. The summed E-state index contributed by atoms with van der Waals surface area (Å²) in [5, 5.41) is 10.5. The molecule has 0 N–H and O–H groups in total. The summed E-state index contributed by atoms with van der Waals surface area (Å²) in [7, 11) is 0. The van der Waals surface area contributed by atoms with Crippen molar-refractivity contribution >= 4 is 5.69 Å². The highest BCUT2D eigenvalue weighted by molar-refractivity contribution is 5.49. The molecule has 1 aromatic carbocycles. The Bertz CT molecular complexity index is 445. The van der Waals surface area contributed by atoms with Crippen LogP contribution < -0.4 is 4.74 Å². The van der Waals surface area contributed by atoms with Gasteiger partial charge in [-0.3, -0.25) is 10.1 Å². The van der Waals surface area contributed by atoms with Crippen LogP contribution in [0.2, 0.25) is 0 Å². The second-order valence-electron chi connectivity index (χ2n) is 3.23. The molecule has 0 aliphatic carbocycles. The van der Waals surface area contributed by atoms with Crippen molar-refractivity contribution in [3.05, 3.63) is 33.6 Å². The molecule has 0 bridgehead atoms. The SMILES string of the molecule is Cc1cc([N+](=O)[O-])c(OCC(F)(F)F)cc1F. The van der Waals surface area contributed by atoms with E-state index in [4.69, 9.17) is 0 Å². The number of ether oxygens (including phenoxy) is 1. The van der Waals surface area contributed by atoms with E-state index in [1.807, 2.05) is 0 Å². The first-order chi connectivity index (χ1) is 7.70. The second kappa shape index (κ2) is 4.56. The minimum Gasteiger partial charge on any atom is -0.477 e. The third kappa shape index (κ3) is 3.58. The monoisotopic (exact) mass is 253 g/mol. The summed E-state index contributed by atoms with van der Waals surface area (Å²) in [6.07, 6.45) is -4.64. The maximum atomic E-state index is 13.1. The van der Waals surface area contributed by atoms with E-state index in [0.29, 0.717) is 6.07 Å². The molecule has 8 heteroatoms. The van der Waals surface area contributed by atoms with Gasteiger partial charge in [0, 0.05) is 12.1 Å². The van der Waals surface area contributed by atoms with Gasteiger partial charge in [0.05, 0.1) is 4.92 Å². The van der Waals surface area contributed by atoms with E-state index in [2.05, 4.69) is 4.74 Å². The van der Waals surface area contributed by atoms with E-state index in [1.54, 1.807) is 0 Å². The third-order valence-electron chi connectivity index (χ3n) is 1.83. The van der Waals surface area contributed by atoms with Crippen LogP contribution in [0.3, 0.4) is 0 Å². The number of halogens is 4. The summed E-state index contributed by atoms with van der Waals surface area (Å²) in [5.74, 6) is -1.61. The van der Waals surface area contributed by atoms with Crippen molar-refractivity contribution in [2.45, 2.75) is 13.1 Å². The highest BCUT2D eigenvalue weighted by Gasteiger charge is 2.30. The normalized spacial score (nSPS) is 11.4. The molecule has 0 aliphatic rings. The molecular weight excluding hydrogens is 246 g/mol. The van der Waals surface area contributed by atoms with E-state index in [1.165, 1.54) is 6.92 Å². The van der Waals surface area contributed by atoms with Crippen LogP contribution >= 0.6 is 0 Å². The molecule has 0 heterocycles. The Kier molecular flexibility index (Phi) is 3.54. The Morgan fingerprint density at radius 3 is 2.47 bits per heavy atom. The predicted molar refractivity (Wildman–Crippen MR) is 49.3 cm³/mol. The minimum absolute atomic E-state index is 0.0453. The molecule has 0 amide bonds. The molecule has 94 valence electrons. The molecular formula is C9H7F4NO3. The van der Waals surface area contributed by atoms with Crippen LogP contribution in [0.4, 0.5) is 23.2 Å². The number of nitrogens with zero attached hydrogens (tertiary/aromatic N) is 1. The zero-order valence-electron chi connectivity index (χ0n) is 8.55. The number of nitro groups is 1. The van der Waals surface area contributed by atoms with Gasteiger partial charge in [-0.2, -0.15) is 13.2 Å². The number of hydrogen-bond donors (Lipinski definition) is 0. The molecule has 0 unspecified atom stereocenters. The van der Waals surface area contributed by atoms with E-state index in [9.17, 15) is 27.7 Å². The maximum absolute atomic E-state index is 13.1. The van der Waals surface area contributed by atoms with Crippen molar-refractivity contribution in [3.8, 4) is 5.75 Å². The molecule has 0 fully saturated rings. The van der Waals surface area contributed by atoms with Crippen molar-refractivity contribution in [1.82, 2.24) is 0 Å². The first-order valence-corrected chi connectivity index (χ1v) is 4.35. The minimum atomic E-state index is -4.64. The van der Waals surface area contributed by atoms with Crippen LogP contribution in [0.15, 0.2) is 12.1 Å². The molecule has 0 radical (unpaired) electrons. The average Bonchev–Trinajstić information content (AvgIpc) is 2.17. The van der Waals surface area contributed by atoms with Crippen LogP contribution in [-0.4, -0.2) is 17.7 Å². The predicted octanol–water partition coefficient (Wildman–Crippen LogP) is 2.98. The summed E-state index contributed by atoms with van der Waals surface area (Å²) in [4.78, 5) is 9.60. The molecule has 0 saturated heterocycles. The van der Waals surface area contributed by atoms with Gasteiger partial charge in [-0.25, -0.2) is 4.39 Å². The topological polar surface area (TPSA) is 52.4 Å². The number of benzene rings is 1. The number of nitro benzene ring substituents is 1. The van der Waals surface area contributed by atoms with Crippen molar-refractivity contribution < 1.29 is 27.2 Å². The fourth-order valence-electron chi connectivity index (χ4n) is 1.07. The molecule has 1 rings (SSSR count). The van der Waals surface area contributed by atoms with E-state index in [-0.39, 0.29) is 5.56 Å². The zero-order valence-corrected chi connectivity index (χ0v) is 8.55. The Hall–Kier alpha value is -1.86. The number of aryl methyl sites for hydroxylation is 1. The smallest absolute Gasteiger partial charge is 0.422 e. The van der Waals surface area contributed by atoms with E-state index in [0.717, 1.165) is 6.07 Å². The van der Waals surface area contributed by atoms with Gasteiger partial charge >= 0.3 is 11.9 Å². The van der Waals surface area contributed by atoms with Crippen LogP contribution in [-0.2, 0) is 0 Å². The van der Waals surface area contributed by atoms with E-state index < -0.39 is 35.0 Å². The summed E-state index contributed by atoms with van der Waals surface area (Å²) >= 11 is 0. The summed E-state index contributed by atoms with van der Waals surface area (Å²) in [6, 6.07) is 1.39. The molecule has 1 aromatic rings. The quantitative estimate of drug-likeness (QED) is 0.472. The Morgan fingerprint density at radius 2 is 2.00 bits per heavy atom. The van der Waals surface area contributed by atoms with Gasteiger partial charge in [-0.1, -0.05) is 0 Å². The fraction of sp³-hybridized carbons (Fsp3) is 0.333. The van der Waals surface area contributed by atoms with Gasteiger partial charge in [-0.15, -0.1) is 0 Å². The molecule has 0 saturated carbocycles. The largest absolute Gasteiger partial charge is 0.477 e.